The standard InChI is InChI=1S/C23H21N3O3S/c27-21(14-28-20-8-7-16-4-1-2-5-17(16)12-20)26-10-3-6-18(13-26)22-24-25-23(29-22)19-9-11-30-15-19/h1-2,4-5,7-9,11-12,15,18H,3,6,10,13-14H2. The average Bonchev–Trinajstić information content (AvgIpc) is 3.49. The summed E-state index contributed by atoms with van der Waals surface area (Å²) in [5.41, 5.74) is 0.936. The molecule has 152 valence electrons. The van der Waals surface area contributed by atoms with E-state index in [1.165, 1.54) is 0 Å². The van der Waals surface area contributed by atoms with Crippen molar-refractivity contribution in [2.45, 2.75) is 18.8 Å². The van der Waals surface area contributed by atoms with E-state index >= 15 is 0 Å². The van der Waals surface area contributed by atoms with Gasteiger partial charge in [-0.15, -0.1) is 10.2 Å². The van der Waals surface area contributed by atoms with Crippen LogP contribution in [0, 0.1) is 0 Å². The minimum Gasteiger partial charge on any atom is -0.484 e. The number of ether oxygens (including phenoxy) is 1. The Morgan fingerprint density at radius 2 is 2.07 bits per heavy atom. The molecule has 0 spiro atoms. The molecule has 0 N–H and O–H groups in total. The first kappa shape index (κ1) is 18.8. The van der Waals surface area contributed by atoms with Crippen LogP contribution in [0.25, 0.3) is 22.2 Å². The quantitative estimate of drug-likeness (QED) is 0.468. The number of hydrogen-bond donors (Lipinski definition) is 0. The van der Waals surface area contributed by atoms with Gasteiger partial charge in [0.1, 0.15) is 5.75 Å². The Balaban J connectivity index is 1.21. The number of rotatable bonds is 5. The molecule has 1 aliphatic heterocycles. The lowest BCUT2D eigenvalue weighted by Gasteiger charge is -2.31. The molecule has 1 aliphatic rings. The zero-order chi connectivity index (χ0) is 20.3. The fourth-order valence-corrected chi connectivity index (χ4v) is 4.43. The van der Waals surface area contributed by atoms with E-state index in [4.69, 9.17) is 9.15 Å². The lowest BCUT2D eigenvalue weighted by molar-refractivity contribution is -0.134. The molecule has 0 bridgehead atoms. The van der Waals surface area contributed by atoms with Crippen molar-refractivity contribution in [2.75, 3.05) is 19.7 Å². The number of amides is 1. The molecular formula is C23H21N3O3S. The number of nitrogens with zero attached hydrogens (tertiary/aromatic N) is 3. The van der Waals surface area contributed by atoms with Crippen molar-refractivity contribution in [2.24, 2.45) is 0 Å². The number of carbonyl (C=O) groups excluding carboxylic acids is 1. The van der Waals surface area contributed by atoms with Crippen LogP contribution in [0.5, 0.6) is 5.75 Å². The maximum absolute atomic E-state index is 12.7. The van der Waals surface area contributed by atoms with E-state index in [2.05, 4.69) is 16.3 Å². The van der Waals surface area contributed by atoms with E-state index in [1.54, 1.807) is 11.3 Å². The zero-order valence-corrected chi connectivity index (χ0v) is 17.2. The number of benzene rings is 2. The number of aromatic nitrogens is 2. The van der Waals surface area contributed by atoms with Gasteiger partial charge in [0.15, 0.2) is 6.61 Å². The van der Waals surface area contributed by atoms with E-state index in [1.807, 2.05) is 58.1 Å². The van der Waals surface area contributed by atoms with Crippen LogP contribution in [0.1, 0.15) is 24.7 Å². The summed E-state index contributed by atoms with van der Waals surface area (Å²) in [6, 6.07) is 15.9. The molecular weight excluding hydrogens is 398 g/mol. The van der Waals surface area contributed by atoms with E-state index in [0.717, 1.165) is 35.7 Å². The van der Waals surface area contributed by atoms with Gasteiger partial charge in [0, 0.05) is 24.0 Å². The summed E-state index contributed by atoms with van der Waals surface area (Å²) >= 11 is 1.59. The van der Waals surface area contributed by atoms with Crippen molar-refractivity contribution in [1.29, 1.82) is 0 Å². The third-order valence-corrected chi connectivity index (χ3v) is 6.10. The molecule has 0 saturated carbocycles. The molecule has 1 unspecified atom stereocenters. The minimum atomic E-state index is -0.0227. The van der Waals surface area contributed by atoms with Gasteiger partial charge < -0.3 is 14.1 Å². The molecule has 1 atom stereocenters. The Kier molecular flexibility index (Phi) is 5.19. The largest absolute Gasteiger partial charge is 0.484 e. The Hall–Kier alpha value is -3.19. The van der Waals surface area contributed by atoms with Crippen molar-refractivity contribution < 1.29 is 13.9 Å². The minimum absolute atomic E-state index is 0.0227. The summed E-state index contributed by atoms with van der Waals surface area (Å²) in [6.07, 6.45) is 1.84. The maximum atomic E-state index is 12.7. The number of hydrogen-bond acceptors (Lipinski definition) is 6. The van der Waals surface area contributed by atoms with Crippen LogP contribution in [0.15, 0.2) is 63.7 Å². The predicted molar refractivity (Wildman–Crippen MR) is 116 cm³/mol. The van der Waals surface area contributed by atoms with Gasteiger partial charge in [-0.3, -0.25) is 4.79 Å². The van der Waals surface area contributed by atoms with Crippen molar-refractivity contribution >= 4 is 28.0 Å². The lowest BCUT2D eigenvalue weighted by atomic mass is 9.98. The summed E-state index contributed by atoms with van der Waals surface area (Å²) in [5.74, 6) is 1.88. The molecule has 1 amide bonds. The molecule has 6 nitrogen and oxygen atoms in total. The smallest absolute Gasteiger partial charge is 0.260 e. The highest BCUT2D eigenvalue weighted by Gasteiger charge is 2.28. The molecule has 4 aromatic rings. The van der Waals surface area contributed by atoms with Gasteiger partial charge in [0.05, 0.1) is 5.92 Å². The summed E-state index contributed by atoms with van der Waals surface area (Å²) in [5, 5.41) is 14.6. The predicted octanol–water partition coefficient (Wildman–Crippen LogP) is 4.74. The molecule has 3 heterocycles. The van der Waals surface area contributed by atoms with Crippen LogP contribution >= 0.6 is 11.3 Å². The lowest BCUT2D eigenvalue weighted by Crippen LogP contribution is -2.41. The number of likely N-dealkylation sites (tertiary alicyclic amines) is 1. The van der Waals surface area contributed by atoms with Crippen LogP contribution in [-0.2, 0) is 4.79 Å². The van der Waals surface area contributed by atoms with Crippen molar-refractivity contribution in [3.63, 3.8) is 0 Å². The highest BCUT2D eigenvalue weighted by Crippen LogP contribution is 2.29. The van der Waals surface area contributed by atoms with E-state index in [-0.39, 0.29) is 18.4 Å². The van der Waals surface area contributed by atoms with Crippen LogP contribution in [-0.4, -0.2) is 40.7 Å². The highest BCUT2D eigenvalue weighted by molar-refractivity contribution is 7.08. The van der Waals surface area contributed by atoms with E-state index < -0.39 is 0 Å². The second kappa shape index (κ2) is 8.28. The molecule has 1 saturated heterocycles. The SMILES string of the molecule is O=C(COc1ccc2ccccc2c1)N1CCCC(c2nnc(-c3ccsc3)o2)C1. The van der Waals surface area contributed by atoms with Gasteiger partial charge >= 0.3 is 0 Å². The summed E-state index contributed by atoms with van der Waals surface area (Å²) in [4.78, 5) is 14.6. The molecule has 1 fully saturated rings. The first-order valence-electron chi connectivity index (χ1n) is 10.0. The normalized spacial score (nSPS) is 16.7. The second-order valence-electron chi connectivity index (χ2n) is 7.43. The Morgan fingerprint density at radius 1 is 1.17 bits per heavy atom. The van der Waals surface area contributed by atoms with Crippen molar-refractivity contribution in [3.05, 3.63) is 65.2 Å². The molecule has 2 aromatic carbocycles. The van der Waals surface area contributed by atoms with Crippen LogP contribution in [0.3, 0.4) is 0 Å². The summed E-state index contributed by atoms with van der Waals surface area (Å²) < 4.78 is 11.7. The van der Waals surface area contributed by atoms with Crippen LogP contribution in [0.2, 0.25) is 0 Å². The van der Waals surface area contributed by atoms with Crippen molar-refractivity contribution in [3.8, 4) is 17.2 Å². The third-order valence-electron chi connectivity index (χ3n) is 5.42. The Labute approximate surface area is 178 Å². The fraction of sp³-hybridized carbons (Fsp3) is 0.261. The third kappa shape index (κ3) is 3.93. The topological polar surface area (TPSA) is 68.5 Å². The first-order valence-corrected chi connectivity index (χ1v) is 11.0. The first-order chi connectivity index (χ1) is 14.8. The van der Waals surface area contributed by atoms with Crippen molar-refractivity contribution in [1.82, 2.24) is 15.1 Å². The molecule has 7 heteroatoms. The average molecular weight is 420 g/mol. The van der Waals surface area contributed by atoms with E-state index in [0.29, 0.717) is 24.1 Å². The van der Waals surface area contributed by atoms with Crippen LogP contribution < -0.4 is 4.74 Å². The van der Waals surface area contributed by atoms with Gasteiger partial charge in [0.25, 0.3) is 5.91 Å². The van der Waals surface area contributed by atoms with Gasteiger partial charge in [-0.05, 0) is 47.2 Å². The summed E-state index contributed by atoms with van der Waals surface area (Å²) in [7, 11) is 0. The van der Waals surface area contributed by atoms with Gasteiger partial charge in [0.2, 0.25) is 11.8 Å². The number of thiophene rings is 1. The maximum Gasteiger partial charge on any atom is 0.260 e. The molecule has 2 aromatic heterocycles. The highest BCUT2D eigenvalue weighted by atomic mass is 32.1. The molecule has 0 radical (unpaired) electrons. The number of piperidine rings is 1. The van der Waals surface area contributed by atoms with Gasteiger partial charge in [-0.2, -0.15) is 11.3 Å². The summed E-state index contributed by atoms with van der Waals surface area (Å²) in [6.45, 7) is 1.32. The van der Waals surface area contributed by atoms with Crippen LogP contribution in [0.4, 0.5) is 0 Å². The van der Waals surface area contributed by atoms with Gasteiger partial charge in [-0.25, -0.2) is 0 Å². The number of fused-ring (bicyclic) bond motifs is 1. The zero-order valence-electron chi connectivity index (χ0n) is 16.4. The second-order valence-corrected chi connectivity index (χ2v) is 8.21. The monoisotopic (exact) mass is 419 g/mol. The number of carbonyl (C=O) groups is 1. The molecule has 0 aliphatic carbocycles. The fourth-order valence-electron chi connectivity index (χ4n) is 3.80. The molecule has 30 heavy (non-hydrogen) atoms. The van der Waals surface area contributed by atoms with E-state index in [9.17, 15) is 4.79 Å². The Bertz CT molecular complexity index is 1160. The Morgan fingerprint density at radius 3 is 2.93 bits per heavy atom. The van der Waals surface area contributed by atoms with Gasteiger partial charge in [-0.1, -0.05) is 30.3 Å². The molecule has 5 rings (SSSR count).